The minimum Gasteiger partial charge on any atom is -0.508 e. The molecule has 1 heterocycles. The van der Waals surface area contributed by atoms with Crippen molar-refractivity contribution in [2.75, 3.05) is 6.54 Å². The van der Waals surface area contributed by atoms with Crippen LogP contribution < -0.4 is 4.74 Å². The molecule has 4 nitrogen and oxygen atoms in total. The quantitative estimate of drug-likeness (QED) is 0.679. The summed E-state index contributed by atoms with van der Waals surface area (Å²) in [4.78, 5) is 14.6. The molecule has 0 bridgehead atoms. The number of nitrogens with zero attached hydrogens (tertiary/aromatic N) is 1. The molecule has 0 spiro atoms. The zero-order valence-corrected chi connectivity index (χ0v) is 17.7. The Hall–Kier alpha value is -2.56. The number of carbonyl (C=O) groups excluding carboxylic acids is 1. The molecule has 30 heavy (non-hydrogen) atoms. The van der Waals surface area contributed by atoms with Gasteiger partial charge < -0.3 is 14.7 Å². The van der Waals surface area contributed by atoms with Crippen molar-refractivity contribution in [3.63, 3.8) is 0 Å². The van der Waals surface area contributed by atoms with Gasteiger partial charge in [0.2, 0.25) is 0 Å². The molecule has 5 heteroatoms. The first-order chi connectivity index (χ1) is 14.3. The highest BCUT2D eigenvalue weighted by Crippen LogP contribution is 2.37. The zero-order valence-electron chi connectivity index (χ0n) is 17.7. The maximum absolute atomic E-state index is 13.4. The summed E-state index contributed by atoms with van der Waals surface area (Å²) in [5, 5.41) is 9.65. The van der Waals surface area contributed by atoms with Crippen LogP contribution in [0.15, 0.2) is 42.5 Å². The molecule has 1 N–H and O–H groups in total. The van der Waals surface area contributed by atoms with Crippen LogP contribution in [0.2, 0.25) is 0 Å². The molecule has 0 unspecified atom stereocenters. The Morgan fingerprint density at radius 3 is 2.57 bits per heavy atom. The Kier molecular flexibility index (Phi) is 5.72. The monoisotopic (exact) mass is 411 g/mol. The van der Waals surface area contributed by atoms with E-state index in [-0.39, 0.29) is 23.1 Å². The summed E-state index contributed by atoms with van der Waals surface area (Å²) in [6.45, 7) is 5.56. The van der Waals surface area contributed by atoms with Gasteiger partial charge in [0.25, 0.3) is 5.91 Å². The molecule has 2 aromatic carbocycles. The molecule has 0 atom stereocenters. The highest BCUT2D eigenvalue weighted by molar-refractivity contribution is 5.98. The fraction of sp³-hybridized carbons (Fsp3) is 0.480. The van der Waals surface area contributed by atoms with E-state index in [1.165, 1.54) is 12.1 Å². The first-order valence-corrected chi connectivity index (χ1v) is 10.8. The maximum atomic E-state index is 13.4. The van der Waals surface area contributed by atoms with Crippen molar-refractivity contribution in [2.24, 2.45) is 11.8 Å². The summed E-state index contributed by atoms with van der Waals surface area (Å²) in [7, 11) is 0. The normalized spacial score (nSPS) is 21.6. The van der Waals surface area contributed by atoms with Crippen LogP contribution in [0.3, 0.4) is 0 Å². The van der Waals surface area contributed by atoms with Gasteiger partial charge in [-0.3, -0.25) is 4.79 Å². The third-order valence-corrected chi connectivity index (χ3v) is 6.39. The smallest absolute Gasteiger partial charge is 0.254 e. The lowest BCUT2D eigenvalue weighted by molar-refractivity contribution is 0.0602. The zero-order chi connectivity index (χ0) is 21.3. The summed E-state index contributed by atoms with van der Waals surface area (Å²) in [6, 6.07) is 11.4. The van der Waals surface area contributed by atoms with Gasteiger partial charge in [-0.15, -0.1) is 0 Å². The van der Waals surface area contributed by atoms with Gasteiger partial charge >= 0.3 is 0 Å². The highest BCUT2D eigenvalue weighted by atomic mass is 19.1. The number of phenolic OH excluding ortho intramolecular Hbond substituents is 1. The Bertz CT molecular complexity index is 918. The van der Waals surface area contributed by atoms with E-state index < -0.39 is 0 Å². The second kappa shape index (κ2) is 8.29. The molecule has 1 aliphatic heterocycles. The van der Waals surface area contributed by atoms with Crippen LogP contribution in [0, 0.1) is 17.7 Å². The van der Waals surface area contributed by atoms with Gasteiger partial charge in [0.05, 0.1) is 0 Å². The molecule has 2 aliphatic rings. The molecule has 1 aliphatic carbocycles. The lowest BCUT2D eigenvalue weighted by Crippen LogP contribution is -2.35. The Labute approximate surface area is 177 Å². The van der Waals surface area contributed by atoms with Gasteiger partial charge in [0, 0.05) is 24.7 Å². The molecular formula is C25H30FNO3. The first kappa shape index (κ1) is 20.7. The molecule has 1 fully saturated rings. The molecule has 0 aromatic heterocycles. The van der Waals surface area contributed by atoms with Gasteiger partial charge in [-0.1, -0.05) is 12.1 Å². The van der Waals surface area contributed by atoms with Crippen LogP contribution in [-0.4, -0.2) is 28.1 Å². The molecule has 1 amide bonds. The van der Waals surface area contributed by atoms with Crippen molar-refractivity contribution in [1.29, 1.82) is 0 Å². The highest BCUT2D eigenvalue weighted by Gasteiger charge is 2.33. The third kappa shape index (κ3) is 4.77. The number of ether oxygens (including phenoxy) is 1. The molecule has 160 valence electrons. The van der Waals surface area contributed by atoms with Gasteiger partial charge in [0.1, 0.15) is 22.9 Å². The Morgan fingerprint density at radius 1 is 1.10 bits per heavy atom. The van der Waals surface area contributed by atoms with Crippen molar-refractivity contribution < 1.29 is 19.0 Å². The summed E-state index contributed by atoms with van der Waals surface area (Å²) < 4.78 is 19.5. The average molecular weight is 412 g/mol. The molecule has 1 saturated carbocycles. The maximum Gasteiger partial charge on any atom is 0.254 e. The second-order valence-corrected chi connectivity index (χ2v) is 9.44. The van der Waals surface area contributed by atoms with Crippen molar-refractivity contribution >= 4 is 5.91 Å². The summed E-state index contributed by atoms with van der Waals surface area (Å²) in [5.41, 5.74) is 1.29. The van der Waals surface area contributed by atoms with Gasteiger partial charge in [0.15, 0.2) is 0 Å². The van der Waals surface area contributed by atoms with E-state index >= 15 is 0 Å². The van der Waals surface area contributed by atoms with Crippen LogP contribution in [0.5, 0.6) is 11.5 Å². The van der Waals surface area contributed by atoms with E-state index in [0.717, 1.165) is 44.2 Å². The second-order valence-electron chi connectivity index (χ2n) is 9.44. The van der Waals surface area contributed by atoms with E-state index in [1.807, 2.05) is 11.0 Å². The minimum absolute atomic E-state index is 0.0349. The number of hydrogen-bond acceptors (Lipinski definition) is 3. The number of aromatic hydroxyl groups is 1. The van der Waals surface area contributed by atoms with E-state index in [4.69, 9.17) is 4.74 Å². The first-order valence-electron chi connectivity index (χ1n) is 10.8. The number of hydrogen-bond donors (Lipinski definition) is 1. The number of rotatable bonds is 6. The van der Waals surface area contributed by atoms with E-state index in [0.29, 0.717) is 29.7 Å². The van der Waals surface area contributed by atoms with Gasteiger partial charge in [-0.25, -0.2) is 4.39 Å². The molecular weight excluding hydrogens is 381 g/mol. The fourth-order valence-corrected chi connectivity index (χ4v) is 5.01. The number of phenols is 1. The standard InChI is InChI=1S/C25H30FNO3/c1-25(2,30-22-5-3-4-20(26)12-22)14-17-6-8-18(9-7-17)15-27-16-19-10-11-21(28)13-23(19)24(27)29/h3-5,10-13,17-18,28H,6-9,14-16H2,1-2H3/t17-,18-. The van der Waals surface area contributed by atoms with Crippen molar-refractivity contribution in [2.45, 2.75) is 58.1 Å². The van der Waals surface area contributed by atoms with Gasteiger partial charge in [-0.2, -0.15) is 0 Å². The van der Waals surface area contributed by atoms with Gasteiger partial charge in [-0.05, 0) is 87.6 Å². The molecule has 0 saturated heterocycles. The van der Waals surface area contributed by atoms with Crippen molar-refractivity contribution in [3.8, 4) is 11.5 Å². The van der Waals surface area contributed by atoms with E-state index in [1.54, 1.807) is 24.3 Å². The number of halogens is 1. The fourth-order valence-electron chi connectivity index (χ4n) is 5.01. The molecule has 0 radical (unpaired) electrons. The number of carbonyl (C=O) groups is 1. The van der Waals surface area contributed by atoms with Crippen LogP contribution >= 0.6 is 0 Å². The number of benzene rings is 2. The van der Waals surface area contributed by atoms with Crippen molar-refractivity contribution in [1.82, 2.24) is 4.90 Å². The predicted molar refractivity (Wildman–Crippen MR) is 114 cm³/mol. The lowest BCUT2D eigenvalue weighted by Gasteiger charge is -2.35. The summed E-state index contributed by atoms with van der Waals surface area (Å²) >= 11 is 0. The van der Waals surface area contributed by atoms with Crippen LogP contribution in [-0.2, 0) is 6.54 Å². The Morgan fingerprint density at radius 2 is 1.83 bits per heavy atom. The SMILES string of the molecule is CC(C)(C[C@H]1CC[C@H](CN2Cc3ccc(O)cc3C2=O)CC1)Oc1cccc(F)c1. The summed E-state index contributed by atoms with van der Waals surface area (Å²) in [5.74, 6) is 1.57. The van der Waals surface area contributed by atoms with E-state index in [9.17, 15) is 14.3 Å². The van der Waals surface area contributed by atoms with E-state index in [2.05, 4.69) is 13.8 Å². The largest absolute Gasteiger partial charge is 0.508 e. The minimum atomic E-state index is -0.347. The van der Waals surface area contributed by atoms with Crippen molar-refractivity contribution in [3.05, 3.63) is 59.4 Å². The third-order valence-electron chi connectivity index (χ3n) is 6.39. The average Bonchev–Trinajstić information content (AvgIpc) is 2.98. The summed E-state index contributed by atoms with van der Waals surface area (Å²) in [6.07, 6.45) is 5.38. The van der Waals surface area contributed by atoms with Crippen LogP contribution in [0.25, 0.3) is 0 Å². The Balaban J connectivity index is 1.27. The topological polar surface area (TPSA) is 49.8 Å². The number of amides is 1. The molecule has 4 rings (SSSR count). The van der Waals surface area contributed by atoms with Crippen LogP contribution in [0.1, 0.15) is 61.9 Å². The number of fused-ring (bicyclic) bond motifs is 1. The van der Waals surface area contributed by atoms with Crippen LogP contribution in [0.4, 0.5) is 4.39 Å². The molecule has 2 aromatic rings. The predicted octanol–water partition coefficient (Wildman–Crippen LogP) is 5.54. The lowest BCUT2D eigenvalue weighted by atomic mass is 9.77.